The third-order valence-electron chi connectivity index (χ3n) is 4.79. The molecule has 4 heteroatoms. The lowest BCUT2D eigenvalue weighted by Crippen LogP contribution is -2.32. The molecule has 0 saturated heterocycles. The number of benzene rings is 2. The average molecular weight is 292 g/mol. The van der Waals surface area contributed by atoms with Crippen molar-refractivity contribution >= 4 is 23.2 Å². The summed E-state index contributed by atoms with van der Waals surface area (Å²) in [7, 11) is 3.55. The summed E-state index contributed by atoms with van der Waals surface area (Å²) in [5, 5.41) is 0. The highest BCUT2D eigenvalue weighted by Crippen LogP contribution is 2.49. The minimum atomic E-state index is -0.431. The molecule has 0 fully saturated rings. The number of rotatable bonds is 1. The molecule has 2 aliphatic rings. The van der Waals surface area contributed by atoms with Gasteiger partial charge in [-0.05, 0) is 23.3 Å². The molecule has 0 aliphatic carbocycles. The topological polar surface area (TPSA) is 40.6 Å². The van der Waals surface area contributed by atoms with Crippen LogP contribution in [0.15, 0.2) is 48.5 Å². The Morgan fingerprint density at radius 2 is 1.05 bits per heavy atom. The van der Waals surface area contributed by atoms with E-state index in [9.17, 15) is 9.59 Å². The standard InChI is InChI=1S/C18H16N2O2/c1-19-13-9-5-3-7-11(13)15(17(19)21)16-12-8-4-6-10-14(12)20(2)18(16)22/h3-10,15-16H,1-2H3. The molecular weight excluding hydrogens is 276 g/mol. The molecule has 0 aromatic heterocycles. The monoisotopic (exact) mass is 292 g/mol. The minimum absolute atomic E-state index is 0.00958. The Bertz CT molecular complexity index is 732. The molecule has 2 aliphatic heterocycles. The van der Waals surface area contributed by atoms with Crippen LogP contribution in [0.1, 0.15) is 23.0 Å². The van der Waals surface area contributed by atoms with Crippen molar-refractivity contribution in [3.63, 3.8) is 0 Å². The Morgan fingerprint density at radius 3 is 1.45 bits per heavy atom. The molecule has 2 aromatic rings. The average Bonchev–Trinajstić information content (AvgIpc) is 2.94. The molecule has 4 nitrogen and oxygen atoms in total. The third kappa shape index (κ3) is 1.52. The van der Waals surface area contributed by atoms with Gasteiger partial charge in [0.2, 0.25) is 11.8 Å². The maximum absolute atomic E-state index is 12.8. The molecule has 0 saturated carbocycles. The Kier molecular flexibility index (Phi) is 2.64. The predicted molar refractivity (Wildman–Crippen MR) is 85.2 cm³/mol. The summed E-state index contributed by atoms with van der Waals surface area (Å²) in [5.41, 5.74) is 3.69. The molecule has 22 heavy (non-hydrogen) atoms. The highest BCUT2D eigenvalue weighted by molar-refractivity contribution is 6.13. The molecule has 0 bridgehead atoms. The van der Waals surface area contributed by atoms with Gasteiger partial charge in [0.1, 0.15) is 0 Å². The van der Waals surface area contributed by atoms with Crippen LogP contribution < -0.4 is 9.80 Å². The van der Waals surface area contributed by atoms with Crippen LogP contribution in [0.5, 0.6) is 0 Å². The van der Waals surface area contributed by atoms with Gasteiger partial charge >= 0.3 is 0 Å². The number of nitrogens with zero attached hydrogens (tertiary/aromatic N) is 2. The van der Waals surface area contributed by atoms with E-state index < -0.39 is 11.8 Å². The molecule has 110 valence electrons. The first-order chi connectivity index (χ1) is 10.6. The van der Waals surface area contributed by atoms with Crippen LogP contribution in [0, 0.1) is 0 Å². The first-order valence-corrected chi connectivity index (χ1v) is 7.34. The quantitative estimate of drug-likeness (QED) is 0.810. The second-order valence-electron chi connectivity index (χ2n) is 5.87. The van der Waals surface area contributed by atoms with Crippen molar-refractivity contribution in [3.05, 3.63) is 59.7 Å². The third-order valence-corrected chi connectivity index (χ3v) is 4.79. The van der Waals surface area contributed by atoms with Gasteiger partial charge < -0.3 is 9.80 Å². The van der Waals surface area contributed by atoms with Crippen molar-refractivity contribution in [2.24, 2.45) is 0 Å². The highest BCUT2D eigenvalue weighted by atomic mass is 16.2. The lowest BCUT2D eigenvalue weighted by atomic mass is 9.83. The van der Waals surface area contributed by atoms with E-state index in [-0.39, 0.29) is 11.8 Å². The lowest BCUT2D eigenvalue weighted by Gasteiger charge is -2.18. The fourth-order valence-corrected chi connectivity index (χ4v) is 3.68. The number of fused-ring (bicyclic) bond motifs is 2. The number of amides is 2. The second kappa shape index (κ2) is 4.44. The zero-order valence-electron chi connectivity index (χ0n) is 12.5. The molecule has 4 rings (SSSR count). The number of hydrogen-bond donors (Lipinski definition) is 0. The van der Waals surface area contributed by atoms with Crippen LogP contribution in [0.25, 0.3) is 0 Å². The zero-order chi connectivity index (χ0) is 15.4. The Labute approximate surface area is 129 Å². The van der Waals surface area contributed by atoms with Crippen molar-refractivity contribution in [2.75, 3.05) is 23.9 Å². The Morgan fingerprint density at radius 1 is 0.682 bits per heavy atom. The van der Waals surface area contributed by atoms with Crippen molar-refractivity contribution in [1.82, 2.24) is 0 Å². The van der Waals surface area contributed by atoms with Gasteiger partial charge in [0.15, 0.2) is 0 Å². The van der Waals surface area contributed by atoms with Gasteiger partial charge in [-0.3, -0.25) is 9.59 Å². The van der Waals surface area contributed by atoms with E-state index in [1.54, 1.807) is 23.9 Å². The van der Waals surface area contributed by atoms with Gasteiger partial charge in [0.25, 0.3) is 0 Å². The lowest BCUT2D eigenvalue weighted by molar-refractivity contribution is -0.125. The normalized spacial score (nSPS) is 23.0. The van der Waals surface area contributed by atoms with Crippen molar-refractivity contribution in [3.8, 4) is 0 Å². The molecule has 0 spiro atoms. The van der Waals surface area contributed by atoms with E-state index in [0.29, 0.717) is 0 Å². The van der Waals surface area contributed by atoms with E-state index in [1.807, 2.05) is 48.5 Å². The summed E-state index contributed by atoms with van der Waals surface area (Å²) in [5.74, 6) is -0.881. The van der Waals surface area contributed by atoms with E-state index in [2.05, 4.69) is 0 Å². The van der Waals surface area contributed by atoms with Crippen LogP contribution >= 0.6 is 0 Å². The van der Waals surface area contributed by atoms with Crippen LogP contribution in [0.4, 0.5) is 11.4 Å². The molecule has 2 aromatic carbocycles. The molecule has 2 atom stereocenters. The van der Waals surface area contributed by atoms with Crippen molar-refractivity contribution < 1.29 is 9.59 Å². The van der Waals surface area contributed by atoms with Crippen LogP contribution in [-0.4, -0.2) is 25.9 Å². The number of likely N-dealkylation sites (N-methyl/N-ethyl adjacent to an activating group) is 2. The summed E-state index contributed by atoms with van der Waals surface area (Å²) in [6.07, 6.45) is 0. The van der Waals surface area contributed by atoms with E-state index in [0.717, 1.165) is 22.5 Å². The van der Waals surface area contributed by atoms with Crippen LogP contribution in [0.2, 0.25) is 0 Å². The molecule has 2 heterocycles. The minimum Gasteiger partial charge on any atom is -0.315 e. The van der Waals surface area contributed by atoms with E-state index in [4.69, 9.17) is 0 Å². The summed E-state index contributed by atoms with van der Waals surface area (Å²) in [4.78, 5) is 28.9. The summed E-state index contributed by atoms with van der Waals surface area (Å²) < 4.78 is 0. The summed E-state index contributed by atoms with van der Waals surface area (Å²) in [6, 6.07) is 15.5. The number of para-hydroxylation sites is 2. The van der Waals surface area contributed by atoms with Gasteiger partial charge in [-0.25, -0.2) is 0 Å². The maximum Gasteiger partial charge on any atom is 0.235 e. The van der Waals surface area contributed by atoms with Gasteiger partial charge in [0, 0.05) is 25.5 Å². The predicted octanol–water partition coefficient (Wildman–Crippen LogP) is 2.51. The first-order valence-electron chi connectivity index (χ1n) is 7.34. The first kappa shape index (κ1) is 13.1. The van der Waals surface area contributed by atoms with Gasteiger partial charge in [-0.15, -0.1) is 0 Å². The Balaban J connectivity index is 1.90. The number of carbonyl (C=O) groups is 2. The SMILES string of the molecule is CN1C(=O)C(C2C(=O)N(C)c3ccccc32)c2ccccc21. The van der Waals surface area contributed by atoms with Crippen molar-refractivity contribution in [1.29, 1.82) is 0 Å². The zero-order valence-corrected chi connectivity index (χ0v) is 12.5. The molecule has 2 unspecified atom stereocenters. The summed E-state index contributed by atoms with van der Waals surface area (Å²) >= 11 is 0. The van der Waals surface area contributed by atoms with Gasteiger partial charge in [-0.1, -0.05) is 36.4 Å². The van der Waals surface area contributed by atoms with E-state index >= 15 is 0 Å². The molecule has 0 N–H and O–H groups in total. The Hall–Kier alpha value is -2.62. The fourth-order valence-electron chi connectivity index (χ4n) is 3.68. The molecule has 2 amide bonds. The molecular formula is C18H16N2O2. The fraction of sp³-hybridized carbons (Fsp3) is 0.222. The smallest absolute Gasteiger partial charge is 0.235 e. The second-order valence-corrected chi connectivity index (χ2v) is 5.87. The molecule has 0 radical (unpaired) electrons. The number of anilines is 2. The van der Waals surface area contributed by atoms with Gasteiger partial charge in [0.05, 0.1) is 11.8 Å². The highest BCUT2D eigenvalue weighted by Gasteiger charge is 2.48. The largest absolute Gasteiger partial charge is 0.315 e. The van der Waals surface area contributed by atoms with Crippen LogP contribution in [0.3, 0.4) is 0 Å². The van der Waals surface area contributed by atoms with E-state index in [1.165, 1.54) is 0 Å². The number of hydrogen-bond acceptors (Lipinski definition) is 2. The summed E-state index contributed by atoms with van der Waals surface area (Å²) in [6.45, 7) is 0. The van der Waals surface area contributed by atoms with Gasteiger partial charge in [-0.2, -0.15) is 0 Å². The van der Waals surface area contributed by atoms with Crippen molar-refractivity contribution in [2.45, 2.75) is 11.8 Å². The van der Waals surface area contributed by atoms with Crippen LogP contribution in [-0.2, 0) is 9.59 Å². The number of carbonyl (C=O) groups excluding carboxylic acids is 2. The maximum atomic E-state index is 12.8.